The van der Waals surface area contributed by atoms with Crippen molar-refractivity contribution in [1.29, 1.82) is 0 Å². The highest BCUT2D eigenvalue weighted by Crippen LogP contribution is 2.18. The first kappa shape index (κ1) is 9.73. The van der Waals surface area contributed by atoms with Crippen LogP contribution in [0.1, 0.15) is 0 Å². The number of carbonyl (C=O) groups excluding carboxylic acids is 2. The second-order valence-corrected chi connectivity index (χ2v) is 3.32. The van der Waals surface area contributed by atoms with Crippen molar-refractivity contribution in [3.63, 3.8) is 0 Å². The van der Waals surface area contributed by atoms with Crippen LogP contribution in [0.15, 0.2) is 29.3 Å². The van der Waals surface area contributed by atoms with Crippen LogP contribution in [0.2, 0.25) is 5.02 Å². The molecule has 0 fully saturated rings. The summed E-state index contributed by atoms with van der Waals surface area (Å²) in [6, 6.07) is 6.68. The van der Waals surface area contributed by atoms with Gasteiger partial charge in [0.15, 0.2) is 6.21 Å². The summed E-state index contributed by atoms with van der Waals surface area (Å²) in [4.78, 5) is 25.8. The van der Waals surface area contributed by atoms with Crippen molar-refractivity contribution in [2.75, 3.05) is 0 Å². The number of rotatable bonds is 1. The zero-order valence-corrected chi connectivity index (χ0v) is 8.31. The van der Waals surface area contributed by atoms with Gasteiger partial charge in [0.25, 0.3) is 0 Å². The van der Waals surface area contributed by atoms with Crippen LogP contribution in [0.3, 0.4) is 0 Å². The predicted octanol–water partition coefficient (Wildman–Crippen LogP) is 1.19. The molecule has 1 heterocycles. The van der Waals surface area contributed by atoms with Crippen LogP contribution in [0.25, 0.3) is 0 Å². The molecule has 1 aromatic carbocycles. The third-order valence-corrected chi connectivity index (χ3v) is 2.13. The SMILES string of the molecule is O=C1N=CC=[N+](c2cccc(Cl)c2)C1=O. The Kier molecular flexibility index (Phi) is 2.43. The summed E-state index contributed by atoms with van der Waals surface area (Å²) in [5, 5.41) is 0.503. The molecule has 5 heteroatoms. The first-order valence-electron chi connectivity index (χ1n) is 4.19. The molecule has 0 saturated carbocycles. The second kappa shape index (κ2) is 3.74. The number of halogens is 1. The summed E-state index contributed by atoms with van der Waals surface area (Å²) in [5.74, 6) is -1.46. The zero-order valence-electron chi connectivity index (χ0n) is 7.55. The lowest BCUT2D eigenvalue weighted by Crippen LogP contribution is -2.28. The average Bonchev–Trinajstić information content (AvgIpc) is 2.22. The first-order chi connectivity index (χ1) is 7.18. The maximum Gasteiger partial charge on any atom is 0.485 e. The molecule has 2 amide bonds. The highest BCUT2D eigenvalue weighted by molar-refractivity contribution is 6.39. The van der Waals surface area contributed by atoms with Crippen molar-refractivity contribution in [1.82, 2.24) is 0 Å². The number of amides is 2. The van der Waals surface area contributed by atoms with Gasteiger partial charge < -0.3 is 0 Å². The van der Waals surface area contributed by atoms with Gasteiger partial charge in [-0.15, -0.1) is 4.58 Å². The van der Waals surface area contributed by atoms with Crippen LogP contribution < -0.4 is 0 Å². The van der Waals surface area contributed by atoms with E-state index in [9.17, 15) is 9.59 Å². The molecule has 0 aliphatic carbocycles. The number of aliphatic imine (C=N–C) groups is 1. The van der Waals surface area contributed by atoms with Crippen LogP contribution in [0.4, 0.5) is 5.69 Å². The Bertz CT molecular complexity index is 506. The fourth-order valence-corrected chi connectivity index (χ4v) is 1.41. The van der Waals surface area contributed by atoms with Crippen LogP contribution in [-0.4, -0.2) is 28.8 Å². The molecule has 4 nitrogen and oxygen atoms in total. The van der Waals surface area contributed by atoms with E-state index >= 15 is 0 Å². The van der Waals surface area contributed by atoms with Crippen LogP contribution in [0, 0.1) is 0 Å². The minimum atomic E-state index is -0.780. The molecule has 1 aromatic rings. The molecule has 0 aromatic heterocycles. The summed E-state index contributed by atoms with van der Waals surface area (Å²) in [7, 11) is 0. The first-order valence-corrected chi connectivity index (χ1v) is 4.57. The maximum absolute atomic E-state index is 11.4. The number of carbonyl (C=O) groups is 2. The van der Waals surface area contributed by atoms with E-state index in [2.05, 4.69) is 4.99 Å². The molecule has 1 aliphatic heterocycles. The van der Waals surface area contributed by atoms with Gasteiger partial charge in [0.2, 0.25) is 5.69 Å². The molecule has 0 spiro atoms. The average molecular weight is 222 g/mol. The van der Waals surface area contributed by atoms with E-state index in [1.165, 1.54) is 17.0 Å². The van der Waals surface area contributed by atoms with Crippen LogP contribution in [-0.2, 0) is 9.59 Å². The zero-order chi connectivity index (χ0) is 10.8. The van der Waals surface area contributed by atoms with Crippen molar-refractivity contribution in [3.05, 3.63) is 29.3 Å². The van der Waals surface area contributed by atoms with E-state index in [4.69, 9.17) is 11.6 Å². The van der Waals surface area contributed by atoms with Gasteiger partial charge in [0.1, 0.15) is 0 Å². The molecular formula is C10H6ClN2O2+. The number of hydrogen-bond acceptors (Lipinski definition) is 2. The Hall–Kier alpha value is -1.81. The minimum Gasteiger partial charge on any atom is -0.255 e. The van der Waals surface area contributed by atoms with Gasteiger partial charge in [-0.1, -0.05) is 17.7 Å². The summed E-state index contributed by atoms with van der Waals surface area (Å²) < 4.78 is 1.21. The van der Waals surface area contributed by atoms with Gasteiger partial charge in [-0.05, 0) is 6.07 Å². The lowest BCUT2D eigenvalue weighted by atomic mass is 10.3. The second-order valence-electron chi connectivity index (χ2n) is 2.89. The lowest BCUT2D eigenvalue weighted by Gasteiger charge is -2.00. The Morgan fingerprint density at radius 2 is 2.07 bits per heavy atom. The molecule has 2 rings (SSSR count). The summed E-state index contributed by atoms with van der Waals surface area (Å²) in [6.07, 6.45) is 2.71. The molecule has 0 unspecified atom stereocenters. The van der Waals surface area contributed by atoms with Crippen LogP contribution >= 0.6 is 11.6 Å². The van der Waals surface area contributed by atoms with Gasteiger partial charge in [-0.3, -0.25) is 4.79 Å². The van der Waals surface area contributed by atoms with Gasteiger partial charge >= 0.3 is 11.8 Å². The van der Waals surface area contributed by atoms with Crippen molar-refractivity contribution in [2.45, 2.75) is 0 Å². The van der Waals surface area contributed by atoms with Gasteiger partial charge in [-0.2, -0.15) is 0 Å². The third kappa shape index (κ3) is 1.85. The van der Waals surface area contributed by atoms with E-state index in [0.29, 0.717) is 10.7 Å². The molecular weight excluding hydrogens is 216 g/mol. The van der Waals surface area contributed by atoms with Crippen molar-refractivity contribution in [2.24, 2.45) is 4.99 Å². The number of hydrogen-bond donors (Lipinski definition) is 0. The van der Waals surface area contributed by atoms with E-state index in [-0.39, 0.29) is 0 Å². The summed E-state index contributed by atoms with van der Waals surface area (Å²) in [6.45, 7) is 0. The lowest BCUT2D eigenvalue weighted by molar-refractivity contribution is -0.356. The van der Waals surface area contributed by atoms with E-state index in [1.807, 2.05) is 0 Å². The smallest absolute Gasteiger partial charge is 0.255 e. The standard InChI is InChI=1S/C10H6ClN2O2/c11-7-2-1-3-8(6-7)13-5-4-12-9(14)10(13)15/h1-6H/q+1. The molecule has 0 atom stereocenters. The molecule has 1 aliphatic rings. The number of nitrogens with zero attached hydrogens (tertiary/aromatic N) is 2. The van der Waals surface area contributed by atoms with Gasteiger partial charge in [0, 0.05) is 17.2 Å². The van der Waals surface area contributed by atoms with E-state index in [0.717, 1.165) is 0 Å². The molecule has 0 N–H and O–H groups in total. The molecule has 74 valence electrons. The maximum atomic E-state index is 11.4. The summed E-state index contributed by atoms with van der Waals surface area (Å²) >= 11 is 5.78. The van der Waals surface area contributed by atoms with Crippen molar-refractivity contribution < 1.29 is 14.2 Å². The molecule has 0 radical (unpaired) electrons. The highest BCUT2D eigenvalue weighted by Gasteiger charge is 2.30. The number of benzene rings is 1. The quantitative estimate of drug-likeness (QED) is 0.528. The Balaban J connectivity index is 2.48. The largest absolute Gasteiger partial charge is 0.485 e. The normalized spacial score (nSPS) is 15.4. The Morgan fingerprint density at radius 3 is 2.80 bits per heavy atom. The van der Waals surface area contributed by atoms with Gasteiger partial charge in [0.05, 0.1) is 6.21 Å². The van der Waals surface area contributed by atoms with Gasteiger partial charge in [-0.25, -0.2) is 9.79 Å². The fourth-order valence-electron chi connectivity index (χ4n) is 1.22. The molecule has 0 saturated heterocycles. The Labute approximate surface area is 90.5 Å². The monoisotopic (exact) mass is 221 g/mol. The topological polar surface area (TPSA) is 49.5 Å². The van der Waals surface area contributed by atoms with E-state index in [1.54, 1.807) is 24.3 Å². The predicted molar refractivity (Wildman–Crippen MR) is 55.9 cm³/mol. The summed E-state index contributed by atoms with van der Waals surface area (Å²) in [5.41, 5.74) is 0.548. The van der Waals surface area contributed by atoms with E-state index < -0.39 is 11.8 Å². The van der Waals surface area contributed by atoms with Crippen molar-refractivity contribution >= 4 is 41.5 Å². The fraction of sp³-hybridized carbons (Fsp3) is 0. The van der Waals surface area contributed by atoms with Crippen LogP contribution in [0.5, 0.6) is 0 Å². The Morgan fingerprint density at radius 1 is 1.27 bits per heavy atom. The highest BCUT2D eigenvalue weighted by atomic mass is 35.5. The molecule has 15 heavy (non-hydrogen) atoms. The minimum absolute atomic E-state index is 0.503. The third-order valence-electron chi connectivity index (χ3n) is 1.90. The molecule has 0 bridgehead atoms. The van der Waals surface area contributed by atoms with Crippen molar-refractivity contribution in [3.8, 4) is 0 Å².